The first-order valence-electron chi connectivity index (χ1n) is 9.08. The number of methoxy groups -OCH3 is 1. The van der Waals surface area contributed by atoms with Gasteiger partial charge in [-0.2, -0.15) is 0 Å². The predicted octanol–water partition coefficient (Wildman–Crippen LogP) is 1.62. The number of aryl methyl sites for hydroxylation is 1. The normalized spacial score (nSPS) is 14.8. The molecule has 0 aliphatic heterocycles. The molecule has 1 aliphatic rings. The molecule has 152 valence electrons. The second-order valence-corrected chi connectivity index (χ2v) is 6.81. The Morgan fingerprint density at radius 1 is 1.21 bits per heavy atom. The van der Waals surface area contributed by atoms with Crippen molar-refractivity contribution in [2.45, 2.75) is 25.8 Å². The van der Waals surface area contributed by atoms with Crippen LogP contribution in [0.4, 0.5) is 0 Å². The summed E-state index contributed by atoms with van der Waals surface area (Å²) in [5.41, 5.74) is 1.67. The van der Waals surface area contributed by atoms with E-state index in [0.717, 1.165) is 0 Å². The zero-order valence-corrected chi connectivity index (χ0v) is 16.3. The molecule has 8 nitrogen and oxygen atoms in total. The van der Waals surface area contributed by atoms with Gasteiger partial charge in [0.1, 0.15) is 0 Å². The number of fused-ring (bicyclic) bond motifs is 3. The Morgan fingerprint density at radius 3 is 2.55 bits per heavy atom. The van der Waals surface area contributed by atoms with Gasteiger partial charge in [-0.05, 0) is 47.7 Å². The number of hydrogen-bond acceptors (Lipinski definition) is 6. The molecule has 0 heterocycles. The SMILES string of the molecule is CNC(=O)c1ccc2c(cc1=O)C(NC(C)=O)CCc1cc(O)c(O)c(OC)c1-2. The fourth-order valence-electron chi connectivity index (χ4n) is 3.71. The van der Waals surface area contributed by atoms with E-state index in [-0.39, 0.29) is 23.0 Å². The molecular formula is C21H22N2O6. The average Bonchev–Trinajstić information content (AvgIpc) is 2.92. The maximum atomic E-state index is 12.7. The number of aromatic hydroxyl groups is 2. The van der Waals surface area contributed by atoms with E-state index in [1.165, 1.54) is 39.3 Å². The first-order chi connectivity index (χ1) is 13.8. The zero-order valence-electron chi connectivity index (χ0n) is 16.3. The molecule has 1 aliphatic carbocycles. The molecule has 0 saturated heterocycles. The third kappa shape index (κ3) is 3.61. The van der Waals surface area contributed by atoms with Crippen LogP contribution in [0.15, 0.2) is 29.1 Å². The lowest BCUT2D eigenvalue weighted by Gasteiger charge is -2.18. The van der Waals surface area contributed by atoms with E-state index in [2.05, 4.69) is 10.6 Å². The summed E-state index contributed by atoms with van der Waals surface area (Å²) < 4.78 is 5.36. The van der Waals surface area contributed by atoms with Crippen LogP contribution in [-0.2, 0) is 11.2 Å². The van der Waals surface area contributed by atoms with Crippen molar-refractivity contribution in [1.82, 2.24) is 10.6 Å². The van der Waals surface area contributed by atoms with Gasteiger partial charge in [0.2, 0.25) is 11.7 Å². The van der Waals surface area contributed by atoms with E-state index in [4.69, 9.17) is 4.74 Å². The Hall–Kier alpha value is -3.55. The van der Waals surface area contributed by atoms with Crippen molar-refractivity contribution in [3.8, 4) is 28.4 Å². The van der Waals surface area contributed by atoms with Gasteiger partial charge in [0.25, 0.3) is 5.91 Å². The van der Waals surface area contributed by atoms with Crippen molar-refractivity contribution in [3.63, 3.8) is 0 Å². The van der Waals surface area contributed by atoms with Crippen molar-refractivity contribution in [2.24, 2.45) is 0 Å². The van der Waals surface area contributed by atoms with Gasteiger partial charge in [0.05, 0.1) is 18.7 Å². The van der Waals surface area contributed by atoms with Gasteiger partial charge in [-0.15, -0.1) is 0 Å². The van der Waals surface area contributed by atoms with Gasteiger partial charge in [-0.1, -0.05) is 6.07 Å². The summed E-state index contributed by atoms with van der Waals surface area (Å²) in [5.74, 6) is -1.48. The van der Waals surface area contributed by atoms with E-state index in [1.807, 2.05) is 0 Å². The Balaban J connectivity index is 2.41. The fraction of sp³-hybridized carbons (Fsp3) is 0.286. The van der Waals surface area contributed by atoms with Crippen LogP contribution in [0.1, 0.15) is 40.9 Å². The summed E-state index contributed by atoms with van der Waals surface area (Å²) >= 11 is 0. The highest BCUT2D eigenvalue weighted by Crippen LogP contribution is 2.49. The number of phenols is 2. The van der Waals surface area contributed by atoms with Gasteiger partial charge in [-0.3, -0.25) is 14.4 Å². The fourth-order valence-corrected chi connectivity index (χ4v) is 3.71. The molecule has 0 radical (unpaired) electrons. The van der Waals surface area contributed by atoms with E-state index in [0.29, 0.717) is 35.1 Å². The molecule has 8 heteroatoms. The van der Waals surface area contributed by atoms with Crippen LogP contribution in [0.25, 0.3) is 11.1 Å². The molecule has 1 unspecified atom stereocenters. The molecule has 0 spiro atoms. The first-order valence-corrected chi connectivity index (χ1v) is 9.08. The maximum Gasteiger partial charge on any atom is 0.254 e. The lowest BCUT2D eigenvalue weighted by molar-refractivity contribution is -0.119. The molecule has 4 N–H and O–H groups in total. The first kappa shape index (κ1) is 20.2. The molecule has 1 atom stereocenters. The number of carbonyl (C=O) groups is 2. The highest BCUT2D eigenvalue weighted by Gasteiger charge is 2.28. The summed E-state index contributed by atoms with van der Waals surface area (Å²) in [6.07, 6.45) is 0.908. The Bertz CT molecular complexity index is 1060. The number of nitrogens with one attached hydrogen (secondary N) is 2. The van der Waals surface area contributed by atoms with Gasteiger partial charge in [-0.25, -0.2) is 0 Å². The molecule has 0 saturated carbocycles. The molecule has 3 rings (SSSR count). The molecule has 29 heavy (non-hydrogen) atoms. The summed E-state index contributed by atoms with van der Waals surface area (Å²) in [4.78, 5) is 36.6. The Labute approximate surface area is 167 Å². The minimum absolute atomic E-state index is 0.0503. The molecule has 0 fully saturated rings. The number of ether oxygens (including phenoxy) is 1. The third-order valence-corrected chi connectivity index (χ3v) is 5.00. The van der Waals surface area contributed by atoms with Gasteiger partial charge < -0.3 is 25.6 Å². The minimum atomic E-state index is -0.531. The van der Waals surface area contributed by atoms with Crippen molar-refractivity contribution in [2.75, 3.05) is 14.2 Å². The van der Waals surface area contributed by atoms with Crippen LogP contribution >= 0.6 is 0 Å². The van der Waals surface area contributed by atoms with Crippen LogP contribution in [0.2, 0.25) is 0 Å². The molecule has 0 bridgehead atoms. The lowest BCUT2D eigenvalue weighted by Crippen LogP contribution is -2.27. The van der Waals surface area contributed by atoms with Crippen molar-refractivity contribution in [1.29, 1.82) is 0 Å². The standard InChI is InChI=1S/C21H22N2O6/c1-10(24)23-15-7-4-11-8-17(26)19(27)20(29-3)18(11)12-5-6-13(21(28)22-2)16(25)9-14(12)15/h5-6,8-9,15,26-27H,4,7H2,1-3H3,(H,22,28)(H,23,24). The van der Waals surface area contributed by atoms with Crippen LogP contribution in [0.3, 0.4) is 0 Å². The summed E-state index contributed by atoms with van der Waals surface area (Å²) in [6.45, 7) is 1.38. The number of amides is 2. The highest BCUT2D eigenvalue weighted by molar-refractivity contribution is 5.94. The van der Waals surface area contributed by atoms with Gasteiger partial charge in [0, 0.05) is 19.5 Å². The van der Waals surface area contributed by atoms with Crippen LogP contribution < -0.4 is 20.8 Å². The smallest absolute Gasteiger partial charge is 0.254 e. The van der Waals surface area contributed by atoms with Gasteiger partial charge in [0.15, 0.2) is 16.9 Å². The molecular weight excluding hydrogens is 376 g/mol. The maximum absolute atomic E-state index is 12.7. The number of phenolic OH excluding ortho intramolecular Hbond substituents is 2. The zero-order chi connectivity index (χ0) is 21.3. The average molecular weight is 398 g/mol. The van der Waals surface area contributed by atoms with Gasteiger partial charge >= 0.3 is 0 Å². The monoisotopic (exact) mass is 398 g/mol. The Morgan fingerprint density at radius 2 is 1.93 bits per heavy atom. The number of benzene rings is 1. The van der Waals surface area contributed by atoms with Crippen molar-refractivity contribution >= 4 is 11.8 Å². The topological polar surface area (TPSA) is 125 Å². The minimum Gasteiger partial charge on any atom is -0.504 e. The number of hydrogen-bond donors (Lipinski definition) is 4. The largest absolute Gasteiger partial charge is 0.504 e. The van der Waals surface area contributed by atoms with Crippen LogP contribution in [0, 0.1) is 0 Å². The highest BCUT2D eigenvalue weighted by atomic mass is 16.5. The van der Waals surface area contributed by atoms with E-state index >= 15 is 0 Å². The van der Waals surface area contributed by atoms with Crippen molar-refractivity contribution in [3.05, 3.63) is 51.2 Å². The lowest BCUT2D eigenvalue weighted by atomic mass is 9.95. The quantitative estimate of drug-likeness (QED) is 0.582. The number of rotatable bonds is 3. The summed E-state index contributed by atoms with van der Waals surface area (Å²) in [6, 6.07) is 5.28. The van der Waals surface area contributed by atoms with Crippen LogP contribution in [-0.4, -0.2) is 36.2 Å². The van der Waals surface area contributed by atoms with E-state index < -0.39 is 23.1 Å². The summed E-state index contributed by atoms with van der Waals surface area (Å²) in [7, 11) is 2.79. The predicted molar refractivity (Wildman–Crippen MR) is 106 cm³/mol. The van der Waals surface area contributed by atoms with Crippen molar-refractivity contribution < 1.29 is 24.5 Å². The Kier molecular flexibility index (Phi) is 5.45. The second kappa shape index (κ2) is 7.83. The number of carbonyl (C=O) groups excluding carboxylic acids is 2. The van der Waals surface area contributed by atoms with E-state index in [1.54, 1.807) is 6.07 Å². The molecule has 2 amide bonds. The molecule has 2 aromatic rings. The summed E-state index contributed by atoms with van der Waals surface area (Å²) in [5, 5.41) is 25.7. The second-order valence-electron chi connectivity index (χ2n) is 6.81. The molecule has 2 aromatic carbocycles. The van der Waals surface area contributed by atoms with E-state index in [9.17, 15) is 24.6 Å². The third-order valence-electron chi connectivity index (χ3n) is 5.00. The molecule has 0 aromatic heterocycles. The van der Waals surface area contributed by atoms with Crippen LogP contribution in [0.5, 0.6) is 17.2 Å².